The molecular formula is C16H20N2O5. The molecule has 0 aromatic heterocycles. The summed E-state index contributed by atoms with van der Waals surface area (Å²) >= 11 is 0. The molecule has 1 atom stereocenters. The van der Waals surface area contributed by atoms with Crippen LogP contribution in [0.4, 0.5) is 0 Å². The van der Waals surface area contributed by atoms with E-state index in [0.29, 0.717) is 17.2 Å². The van der Waals surface area contributed by atoms with Gasteiger partial charge in [0.15, 0.2) is 17.6 Å². The first-order valence-corrected chi connectivity index (χ1v) is 7.63. The molecule has 1 fully saturated rings. The molecular weight excluding hydrogens is 300 g/mol. The molecule has 1 saturated carbocycles. The molecule has 0 bridgehead atoms. The van der Waals surface area contributed by atoms with E-state index in [2.05, 4.69) is 5.48 Å². The van der Waals surface area contributed by atoms with E-state index in [1.54, 1.807) is 18.7 Å². The number of carbonyl (C=O) groups excluding carboxylic acids is 1. The number of methoxy groups -OCH3 is 1. The van der Waals surface area contributed by atoms with Crippen LogP contribution in [0.15, 0.2) is 24.3 Å². The molecule has 1 heterocycles. The van der Waals surface area contributed by atoms with Crippen LogP contribution in [0.1, 0.15) is 31.2 Å². The van der Waals surface area contributed by atoms with Crippen molar-refractivity contribution in [1.82, 2.24) is 11.0 Å². The van der Waals surface area contributed by atoms with Gasteiger partial charge in [0.2, 0.25) is 0 Å². The third kappa shape index (κ3) is 3.40. The van der Waals surface area contributed by atoms with Crippen molar-refractivity contribution in [3.05, 3.63) is 29.8 Å². The van der Waals surface area contributed by atoms with Gasteiger partial charge in [-0.1, -0.05) is 0 Å². The largest absolute Gasteiger partial charge is 0.493 e. The van der Waals surface area contributed by atoms with Crippen LogP contribution in [0.2, 0.25) is 0 Å². The fraction of sp³-hybridized carbons (Fsp3) is 0.438. The van der Waals surface area contributed by atoms with E-state index in [9.17, 15) is 4.79 Å². The Bertz CT molecular complexity index is 610. The summed E-state index contributed by atoms with van der Waals surface area (Å²) in [6.07, 6.45) is 5.40. The predicted octanol–water partition coefficient (Wildman–Crippen LogP) is 1.77. The van der Waals surface area contributed by atoms with Crippen LogP contribution in [-0.4, -0.2) is 30.4 Å². The Morgan fingerprint density at radius 1 is 1.35 bits per heavy atom. The molecule has 1 aliphatic carbocycles. The number of carbonyl (C=O) groups is 1. The van der Waals surface area contributed by atoms with Crippen molar-refractivity contribution in [1.29, 1.82) is 0 Å². The van der Waals surface area contributed by atoms with Gasteiger partial charge in [0.25, 0.3) is 5.91 Å². The lowest BCUT2D eigenvalue weighted by molar-refractivity contribution is -0.139. The molecule has 2 aliphatic rings. The van der Waals surface area contributed by atoms with Crippen molar-refractivity contribution in [3.8, 4) is 11.5 Å². The normalized spacial score (nSPS) is 20.8. The van der Waals surface area contributed by atoms with Gasteiger partial charge < -0.3 is 9.47 Å². The van der Waals surface area contributed by atoms with Crippen LogP contribution in [0.3, 0.4) is 0 Å². The number of amides is 1. The predicted molar refractivity (Wildman–Crippen MR) is 81.8 cm³/mol. The third-order valence-corrected chi connectivity index (χ3v) is 4.05. The quantitative estimate of drug-likeness (QED) is 0.566. The summed E-state index contributed by atoms with van der Waals surface area (Å²) in [4.78, 5) is 16.5. The molecule has 0 spiro atoms. The van der Waals surface area contributed by atoms with Crippen molar-refractivity contribution in [3.63, 3.8) is 0 Å². The summed E-state index contributed by atoms with van der Waals surface area (Å²) in [6, 6.07) is 5.53. The van der Waals surface area contributed by atoms with Gasteiger partial charge in [-0.2, -0.15) is 0 Å². The Kier molecular flexibility index (Phi) is 4.68. The zero-order valence-electron chi connectivity index (χ0n) is 12.9. The first-order valence-electron chi connectivity index (χ1n) is 7.63. The maximum absolute atomic E-state index is 11.4. The van der Waals surface area contributed by atoms with Gasteiger partial charge in [0.1, 0.15) is 0 Å². The van der Waals surface area contributed by atoms with E-state index >= 15 is 0 Å². The molecule has 7 nitrogen and oxygen atoms in total. The SMILES string of the molecule is COc1ccc(C2=CC(C(=O)NO)ON2)cc1OC1CCCC1. The van der Waals surface area contributed by atoms with Crippen LogP contribution < -0.4 is 20.4 Å². The molecule has 1 aliphatic heterocycles. The molecule has 124 valence electrons. The van der Waals surface area contributed by atoms with Crippen LogP contribution in [0.5, 0.6) is 11.5 Å². The topological polar surface area (TPSA) is 89.1 Å². The lowest BCUT2D eigenvalue weighted by Crippen LogP contribution is -2.32. The van der Waals surface area contributed by atoms with Gasteiger partial charge in [-0.25, -0.2) is 5.48 Å². The number of benzene rings is 1. The Labute approximate surface area is 134 Å². The summed E-state index contributed by atoms with van der Waals surface area (Å²) in [7, 11) is 1.61. The van der Waals surface area contributed by atoms with E-state index < -0.39 is 12.0 Å². The Hall–Kier alpha value is -2.25. The third-order valence-electron chi connectivity index (χ3n) is 4.05. The molecule has 1 unspecified atom stereocenters. The second-order valence-electron chi connectivity index (χ2n) is 5.59. The summed E-state index contributed by atoms with van der Waals surface area (Å²) in [5.41, 5.74) is 5.70. The van der Waals surface area contributed by atoms with E-state index in [0.717, 1.165) is 18.4 Å². The second-order valence-corrected chi connectivity index (χ2v) is 5.59. The maximum atomic E-state index is 11.4. The van der Waals surface area contributed by atoms with Crippen molar-refractivity contribution in [2.75, 3.05) is 7.11 Å². The molecule has 7 heteroatoms. The zero-order chi connectivity index (χ0) is 16.2. The number of hydrogen-bond acceptors (Lipinski definition) is 6. The molecule has 3 rings (SSSR count). The average molecular weight is 320 g/mol. The zero-order valence-corrected chi connectivity index (χ0v) is 12.9. The van der Waals surface area contributed by atoms with Gasteiger partial charge in [0, 0.05) is 5.56 Å². The maximum Gasteiger partial charge on any atom is 0.279 e. The lowest BCUT2D eigenvalue weighted by atomic mass is 10.1. The number of ether oxygens (including phenoxy) is 2. The van der Waals surface area contributed by atoms with Gasteiger partial charge in [-0.3, -0.25) is 20.3 Å². The van der Waals surface area contributed by atoms with E-state index in [1.807, 2.05) is 18.2 Å². The fourth-order valence-corrected chi connectivity index (χ4v) is 2.82. The molecule has 1 amide bonds. The minimum absolute atomic E-state index is 0.217. The van der Waals surface area contributed by atoms with Crippen molar-refractivity contribution >= 4 is 11.6 Å². The highest BCUT2D eigenvalue weighted by atomic mass is 16.7. The Morgan fingerprint density at radius 3 is 2.83 bits per heavy atom. The van der Waals surface area contributed by atoms with Crippen molar-refractivity contribution in [2.24, 2.45) is 0 Å². The molecule has 0 radical (unpaired) electrons. The fourth-order valence-electron chi connectivity index (χ4n) is 2.82. The second kappa shape index (κ2) is 6.89. The lowest BCUT2D eigenvalue weighted by Gasteiger charge is -2.17. The highest BCUT2D eigenvalue weighted by molar-refractivity contribution is 5.85. The molecule has 1 aromatic rings. The highest BCUT2D eigenvalue weighted by Gasteiger charge is 2.25. The highest BCUT2D eigenvalue weighted by Crippen LogP contribution is 2.34. The first kappa shape index (κ1) is 15.6. The number of hydrogen-bond donors (Lipinski definition) is 3. The van der Waals surface area contributed by atoms with Crippen LogP contribution in [0, 0.1) is 0 Å². The summed E-state index contributed by atoms with van der Waals surface area (Å²) in [5, 5.41) is 8.65. The van der Waals surface area contributed by atoms with Crippen LogP contribution in [-0.2, 0) is 9.63 Å². The van der Waals surface area contributed by atoms with Gasteiger partial charge in [-0.15, -0.1) is 0 Å². The number of hydroxylamine groups is 2. The van der Waals surface area contributed by atoms with E-state index in [1.165, 1.54) is 12.8 Å². The van der Waals surface area contributed by atoms with Gasteiger partial charge >= 0.3 is 0 Å². The first-order chi connectivity index (χ1) is 11.2. The van der Waals surface area contributed by atoms with Gasteiger partial charge in [0.05, 0.1) is 18.9 Å². The number of nitrogens with one attached hydrogen (secondary N) is 2. The van der Waals surface area contributed by atoms with Gasteiger partial charge in [-0.05, 0) is 50.0 Å². The molecule has 1 aromatic carbocycles. The van der Waals surface area contributed by atoms with E-state index in [-0.39, 0.29) is 6.10 Å². The minimum atomic E-state index is -0.878. The molecule has 3 N–H and O–H groups in total. The minimum Gasteiger partial charge on any atom is -0.493 e. The van der Waals surface area contributed by atoms with E-state index in [4.69, 9.17) is 19.5 Å². The smallest absolute Gasteiger partial charge is 0.279 e. The monoisotopic (exact) mass is 320 g/mol. The van der Waals surface area contributed by atoms with Crippen LogP contribution in [0.25, 0.3) is 5.70 Å². The molecule has 0 saturated heterocycles. The van der Waals surface area contributed by atoms with Crippen molar-refractivity contribution < 1.29 is 24.3 Å². The number of rotatable bonds is 5. The average Bonchev–Trinajstić information content (AvgIpc) is 3.25. The Morgan fingerprint density at radius 2 is 2.13 bits per heavy atom. The summed E-state index contributed by atoms with van der Waals surface area (Å²) in [6.45, 7) is 0. The Balaban J connectivity index is 1.81. The summed E-state index contributed by atoms with van der Waals surface area (Å²) in [5.74, 6) is 0.711. The standard InChI is InChI=1S/C16H20N2O5/c1-21-13-7-6-10(8-14(13)22-11-4-2-3-5-11)12-9-15(23-18-12)16(19)17-20/h6-9,11,15,18,20H,2-5H2,1H3,(H,17,19). The van der Waals surface area contributed by atoms with Crippen molar-refractivity contribution in [2.45, 2.75) is 37.9 Å². The summed E-state index contributed by atoms with van der Waals surface area (Å²) < 4.78 is 11.4. The van der Waals surface area contributed by atoms with Crippen LogP contribution >= 0.6 is 0 Å². The molecule has 23 heavy (non-hydrogen) atoms.